The molecule has 0 aliphatic heterocycles. The minimum Gasteiger partial charge on any atom is -0.269 e. The fourth-order valence-electron chi connectivity index (χ4n) is 2.12. The van der Waals surface area contributed by atoms with Crippen LogP contribution in [0.4, 0.5) is 0 Å². The maximum Gasteiger partial charge on any atom is 0.0527 e. The van der Waals surface area contributed by atoms with Gasteiger partial charge < -0.3 is 0 Å². The first-order valence-corrected chi connectivity index (χ1v) is 5.23. The lowest BCUT2D eigenvalue weighted by Crippen LogP contribution is -2.08. The highest BCUT2D eigenvalue weighted by atomic mass is 15.3. The molecule has 2 heteroatoms. The summed E-state index contributed by atoms with van der Waals surface area (Å²) in [6, 6.07) is 0. The topological polar surface area (TPSA) is 17.8 Å². The van der Waals surface area contributed by atoms with Crippen LogP contribution in [0.25, 0.3) is 0 Å². The van der Waals surface area contributed by atoms with Crippen molar-refractivity contribution in [2.75, 3.05) is 0 Å². The first-order chi connectivity index (χ1) is 6.18. The van der Waals surface area contributed by atoms with Crippen LogP contribution in [0.3, 0.4) is 0 Å². The first kappa shape index (κ1) is 8.79. The van der Waals surface area contributed by atoms with Crippen LogP contribution >= 0.6 is 0 Å². The van der Waals surface area contributed by atoms with Crippen molar-refractivity contribution in [1.29, 1.82) is 0 Å². The molecule has 2 rings (SSSR count). The molecule has 1 aliphatic rings. The second-order valence-corrected chi connectivity index (χ2v) is 4.56. The van der Waals surface area contributed by atoms with E-state index < -0.39 is 0 Å². The molecule has 0 aromatic carbocycles. The van der Waals surface area contributed by atoms with Gasteiger partial charge in [0.1, 0.15) is 0 Å². The van der Waals surface area contributed by atoms with Crippen molar-refractivity contribution in [2.24, 2.45) is 5.92 Å². The lowest BCUT2D eigenvalue weighted by molar-refractivity contribution is 0.469. The molecule has 0 fully saturated rings. The van der Waals surface area contributed by atoms with E-state index in [9.17, 15) is 0 Å². The van der Waals surface area contributed by atoms with Crippen LogP contribution in [0.5, 0.6) is 0 Å². The van der Waals surface area contributed by atoms with E-state index in [0.29, 0.717) is 5.92 Å². The Bertz CT molecular complexity index is 299. The lowest BCUT2D eigenvalue weighted by Gasteiger charge is -2.07. The van der Waals surface area contributed by atoms with Crippen LogP contribution in [0.15, 0.2) is 6.20 Å². The zero-order valence-electron chi connectivity index (χ0n) is 8.75. The van der Waals surface area contributed by atoms with Gasteiger partial charge in [0.05, 0.1) is 6.20 Å². The third kappa shape index (κ3) is 1.50. The molecule has 1 heterocycles. The van der Waals surface area contributed by atoms with E-state index >= 15 is 0 Å². The summed E-state index contributed by atoms with van der Waals surface area (Å²) in [7, 11) is 0. The standard InChI is InChI=1S/C11H18N2/c1-8(2)7-13-11-5-4-9(3)10(11)6-12-13/h6,8-9H,4-5,7H2,1-3H3/t9-/m0/s1. The van der Waals surface area contributed by atoms with Crippen molar-refractivity contribution in [3.05, 3.63) is 17.5 Å². The van der Waals surface area contributed by atoms with Gasteiger partial charge in [-0.2, -0.15) is 5.10 Å². The molecule has 0 bridgehead atoms. The number of nitrogens with zero attached hydrogens (tertiary/aromatic N) is 2. The zero-order chi connectivity index (χ0) is 9.42. The van der Waals surface area contributed by atoms with Gasteiger partial charge in [-0.1, -0.05) is 20.8 Å². The molecule has 0 unspecified atom stereocenters. The van der Waals surface area contributed by atoms with E-state index in [1.807, 2.05) is 0 Å². The monoisotopic (exact) mass is 178 g/mol. The number of hydrogen-bond donors (Lipinski definition) is 0. The van der Waals surface area contributed by atoms with Gasteiger partial charge in [0, 0.05) is 12.2 Å². The summed E-state index contributed by atoms with van der Waals surface area (Å²) in [6.07, 6.45) is 4.60. The highest BCUT2D eigenvalue weighted by molar-refractivity contribution is 5.27. The Labute approximate surface area is 80.0 Å². The quantitative estimate of drug-likeness (QED) is 0.680. The molecule has 0 N–H and O–H groups in total. The second kappa shape index (κ2) is 3.17. The van der Waals surface area contributed by atoms with Crippen molar-refractivity contribution in [1.82, 2.24) is 9.78 Å². The molecule has 1 aromatic rings. The van der Waals surface area contributed by atoms with Gasteiger partial charge in [0.2, 0.25) is 0 Å². The van der Waals surface area contributed by atoms with E-state index in [0.717, 1.165) is 12.5 Å². The molecule has 0 radical (unpaired) electrons. The zero-order valence-corrected chi connectivity index (χ0v) is 8.75. The Kier molecular flexibility index (Phi) is 2.14. The number of rotatable bonds is 2. The molecular weight excluding hydrogens is 160 g/mol. The van der Waals surface area contributed by atoms with E-state index in [4.69, 9.17) is 0 Å². The number of hydrogen-bond acceptors (Lipinski definition) is 1. The van der Waals surface area contributed by atoms with Crippen molar-refractivity contribution in [3.8, 4) is 0 Å². The largest absolute Gasteiger partial charge is 0.269 e. The van der Waals surface area contributed by atoms with E-state index in [-0.39, 0.29) is 0 Å². The van der Waals surface area contributed by atoms with Gasteiger partial charge in [-0.25, -0.2) is 0 Å². The Hall–Kier alpha value is -0.790. The second-order valence-electron chi connectivity index (χ2n) is 4.56. The molecule has 13 heavy (non-hydrogen) atoms. The average molecular weight is 178 g/mol. The third-order valence-electron chi connectivity index (χ3n) is 2.86. The van der Waals surface area contributed by atoms with E-state index in [1.165, 1.54) is 24.1 Å². The summed E-state index contributed by atoms with van der Waals surface area (Å²) >= 11 is 0. The summed E-state index contributed by atoms with van der Waals surface area (Å²) in [4.78, 5) is 0. The normalized spacial score (nSPS) is 21.1. The summed E-state index contributed by atoms with van der Waals surface area (Å²) in [5, 5.41) is 4.45. The van der Waals surface area contributed by atoms with Crippen LogP contribution in [0, 0.1) is 5.92 Å². The fraction of sp³-hybridized carbons (Fsp3) is 0.727. The van der Waals surface area contributed by atoms with Crippen LogP contribution in [0.2, 0.25) is 0 Å². The molecule has 1 aliphatic carbocycles. The average Bonchev–Trinajstić information content (AvgIpc) is 2.56. The minimum atomic E-state index is 0.694. The number of fused-ring (bicyclic) bond motifs is 1. The van der Waals surface area contributed by atoms with Gasteiger partial charge >= 0.3 is 0 Å². The molecular formula is C11H18N2. The molecule has 1 atom stereocenters. The molecule has 2 nitrogen and oxygen atoms in total. The maximum atomic E-state index is 4.45. The highest BCUT2D eigenvalue weighted by Crippen LogP contribution is 2.32. The summed E-state index contributed by atoms with van der Waals surface area (Å²) in [5.74, 6) is 1.43. The van der Waals surface area contributed by atoms with Gasteiger partial charge in [-0.05, 0) is 30.2 Å². The van der Waals surface area contributed by atoms with Crippen LogP contribution in [-0.4, -0.2) is 9.78 Å². The van der Waals surface area contributed by atoms with Gasteiger partial charge in [-0.15, -0.1) is 0 Å². The number of aromatic nitrogens is 2. The first-order valence-electron chi connectivity index (χ1n) is 5.23. The lowest BCUT2D eigenvalue weighted by atomic mass is 10.1. The van der Waals surface area contributed by atoms with Crippen molar-refractivity contribution >= 4 is 0 Å². The minimum absolute atomic E-state index is 0.694. The summed E-state index contributed by atoms with van der Waals surface area (Å²) in [5.41, 5.74) is 2.97. The van der Waals surface area contributed by atoms with E-state index in [2.05, 4.69) is 36.7 Å². The molecule has 0 saturated carbocycles. The van der Waals surface area contributed by atoms with Gasteiger partial charge in [0.25, 0.3) is 0 Å². The molecule has 0 amide bonds. The highest BCUT2D eigenvalue weighted by Gasteiger charge is 2.22. The van der Waals surface area contributed by atoms with Crippen molar-refractivity contribution in [3.63, 3.8) is 0 Å². The van der Waals surface area contributed by atoms with Crippen LogP contribution in [0.1, 0.15) is 44.4 Å². The molecule has 0 saturated heterocycles. The molecule has 1 aromatic heterocycles. The summed E-state index contributed by atoms with van der Waals surface area (Å²) < 4.78 is 2.20. The summed E-state index contributed by atoms with van der Waals surface area (Å²) in [6.45, 7) is 7.86. The van der Waals surface area contributed by atoms with Gasteiger partial charge in [-0.3, -0.25) is 4.68 Å². The molecule has 72 valence electrons. The Morgan fingerprint density at radius 2 is 2.38 bits per heavy atom. The predicted molar refractivity (Wildman–Crippen MR) is 53.8 cm³/mol. The Balaban J connectivity index is 2.25. The van der Waals surface area contributed by atoms with E-state index in [1.54, 1.807) is 0 Å². The molecule has 0 spiro atoms. The van der Waals surface area contributed by atoms with Gasteiger partial charge in [0.15, 0.2) is 0 Å². The predicted octanol–water partition coefficient (Wildman–Crippen LogP) is 2.59. The van der Waals surface area contributed by atoms with Crippen molar-refractivity contribution < 1.29 is 0 Å². The van der Waals surface area contributed by atoms with Crippen LogP contribution in [-0.2, 0) is 13.0 Å². The maximum absolute atomic E-state index is 4.45. The SMILES string of the molecule is CC(C)Cn1ncc2c1CC[C@@H]2C. The van der Waals surface area contributed by atoms with Crippen molar-refractivity contribution in [2.45, 2.75) is 46.1 Å². The van der Waals surface area contributed by atoms with Crippen LogP contribution < -0.4 is 0 Å². The smallest absolute Gasteiger partial charge is 0.0527 e. The Morgan fingerprint density at radius 1 is 1.62 bits per heavy atom. The fourth-order valence-corrected chi connectivity index (χ4v) is 2.12. The Morgan fingerprint density at radius 3 is 3.08 bits per heavy atom. The third-order valence-corrected chi connectivity index (χ3v) is 2.86.